The molecule has 140 valence electrons. The number of fused-ring (bicyclic) bond motifs is 1. The average molecular weight is 355 g/mol. The molecule has 1 aliphatic carbocycles. The normalized spacial score (nSPS) is 23.0. The quantitative estimate of drug-likeness (QED) is 0.778. The summed E-state index contributed by atoms with van der Waals surface area (Å²) in [6, 6.07) is 11.9. The van der Waals surface area contributed by atoms with Gasteiger partial charge in [-0.05, 0) is 50.2 Å². The lowest BCUT2D eigenvalue weighted by atomic mass is 9.79. The molecule has 0 radical (unpaired) electrons. The van der Waals surface area contributed by atoms with Crippen LogP contribution in [-0.2, 0) is 9.53 Å². The number of methoxy groups -OCH3 is 1. The Morgan fingerprint density at radius 3 is 2.50 bits per heavy atom. The highest BCUT2D eigenvalue weighted by Gasteiger charge is 2.41. The van der Waals surface area contributed by atoms with E-state index >= 15 is 0 Å². The van der Waals surface area contributed by atoms with Gasteiger partial charge in [0.2, 0.25) is 0 Å². The monoisotopic (exact) mass is 355 g/mol. The van der Waals surface area contributed by atoms with Crippen LogP contribution in [0.1, 0.15) is 46.0 Å². The lowest BCUT2D eigenvalue weighted by Crippen LogP contribution is -2.47. The van der Waals surface area contributed by atoms with E-state index in [4.69, 9.17) is 9.47 Å². The van der Waals surface area contributed by atoms with Crippen molar-refractivity contribution in [2.45, 2.75) is 51.6 Å². The smallest absolute Gasteiger partial charge is 0.256 e. The maximum atomic E-state index is 13.1. The van der Waals surface area contributed by atoms with Gasteiger partial charge >= 0.3 is 0 Å². The average Bonchev–Trinajstić information content (AvgIpc) is 2.68. The van der Waals surface area contributed by atoms with Gasteiger partial charge < -0.3 is 14.8 Å². The first kappa shape index (κ1) is 18.7. The lowest BCUT2D eigenvalue weighted by Gasteiger charge is -2.36. The Labute approximate surface area is 155 Å². The molecule has 3 rings (SSSR count). The van der Waals surface area contributed by atoms with Crippen molar-refractivity contribution in [3.63, 3.8) is 0 Å². The molecular weight excluding hydrogens is 326 g/mol. The zero-order valence-corrected chi connectivity index (χ0v) is 16.0. The van der Waals surface area contributed by atoms with Crippen molar-refractivity contribution in [2.75, 3.05) is 19.0 Å². The minimum absolute atomic E-state index is 0.0423. The topological polar surface area (TPSA) is 47.6 Å². The van der Waals surface area contributed by atoms with Crippen molar-refractivity contribution in [3.8, 4) is 5.75 Å². The summed E-state index contributed by atoms with van der Waals surface area (Å²) < 4.78 is 11.6. The van der Waals surface area contributed by atoms with Crippen molar-refractivity contribution in [2.24, 2.45) is 5.92 Å². The Bertz CT molecular complexity index is 763. The molecule has 4 nitrogen and oxygen atoms in total. The first-order chi connectivity index (χ1) is 12.6. The number of ether oxygens (including phenoxy) is 2. The van der Waals surface area contributed by atoms with E-state index in [0.717, 1.165) is 54.3 Å². The second-order valence-corrected chi connectivity index (χ2v) is 7.34. The fourth-order valence-electron chi connectivity index (χ4n) is 3.71. The third-order valence-electron chi connectivity index (χ3n) is 5.48. The van der Waals surface area contributed by atoms with Gasteiger partial charge in [0.1, 0.15) is 11.4 Å². The highest BCUT2D eigenvalue weighted by molar-refractivity contribution is 6.06. The van der Waals surface area contributed by atoms with Gasteiger partial charge in [-0.15, -0.1) is 0 Å². The van der Waals surface area contributed by atoms with Crippen molar-refractivity contribution >= 4 is 22.4 Å². The van der Waals surface area contributed by atoms with Crippen LogP contribution in [0.5, 0.6) is 5.75 Å². The molecule has 0 aromatic heterocycles. The molecule has 1 aliphatic rings. The van der Waals surface area contributed by atoms with Crippen LogP contribution < -0.4 is 10.1 Å². The van der Waals surface area contributed by atoms with Crippen LogP contribution in [0.4, 0.5) is 5.69 Å². The predicted octanol–water partition coefficient (Wildman–Crippen LogP) is 5.16. The molecule has 1 fully saturated rings. The van der Waals surface area contributed by atoms with Gasteiger partial charge in [0, 0.05) is 23.6 Å². The molecule has 0 atom stereocenters. The molecule has 1 N–H and O–H groups in total. The third kappa shape index (κ3) is 3.70. The molecule has 2 aromatic carbocycles. The Hall–Kier alpha value is -2.07. The van der Waals surface area contributed by atoms with Gasteiger partial charge in [0.05, 0.1) is 6.61 Å². The summed E-state index contributed by atoms with van der Waals surface area (Å²) in [5.41, 5.74) is 0.0925. The number of carbonyl (C=O) groups is 1. The number of amides is 1. The van der Waals surface area contributed by atoms with E-state index in [-0.39, 0.29) is 5.91 Å². The molecule has 4 heteroatoms. The summed E-state index contributed by atoms with van der Waals surface area (Å²) in [7, 11) is 1.65. The summed E-state index contributed by atoms with van der Waals surface area (Å²) >= 11 is 0. The molecule has 0 aliphatic heterocycles. The number of nitrogens with one attached hydrogen (secondary N) is 1. The summed E-state index contributed by atoms with van der Waals surface area (Å²) in [6.07, 6.45) is 4.54. The first-order valence-corrected chi connectivity index (χ1v) is 9.61. The highest BCUT2D eigenvalue weighted by atomic mass is 16.5. The zero-order chi connectivity index (χ0) is 18.6. The fraction of sp³-hybridized carbons (Fsp3) is 0.500. The Balaban J connectivity index is 1.87. The van der Waals surface area contributed by atoms with Crippen molar-refractivity contribution in [1.29, 1.82) is 0 Å². The molecule has 0 spiro atoms. The van der Waals surface area contributed by atoms with E-state index < -0.39 is 5.60 Å². The minimum Gasteiger partial charge on any atom is -0.493 e. The SMILES string of the molecule is CCCOc1ccc(NC(=O)C2(OC)CCC(C)CC2)c2ccccc12. The van der Waals surface area contributed by atoms with Gasteiger partial charge in [-0.3, -0.25) is 4.79 Å². The second kappa shape index (κ2) is 8.09. The molecule has 1 saturated carbocycles. The maximum Gasteiger partial charge on any atom is 0.256 e. The van der Waals surface area contributed by atoms with E-state index in [9.17, 15) is 4.79 Å². The Morgan fingerprint density at radius 2 is 1.85 bits per heavy atom. The lowest BCUT2D eigenvalue weighted by molar-refractivity contribution is -0.142. The number of rotatable bonds is 6. The molecule has 1 amide bonds. The van der Waals surface area contributed by atoms with E-state index in [1.807, 2.05) is 36.4 Å². The summed E-state index contributed by atoms with van der Waals surface area (Å²) in [4.78, 5) is 13.1. The van der Waals surface area contributed by atoms with E-state index in [1.54, 1.807) is 7.11 Å². The fourth-order valence-corrected chi connectivity index (χ4v) is 3.71. The van der Waals surface area contributed by atoms with Crippen LogP contribution in [-0.4, -0.2) is 25.2 Å². The molecular formula is C22H29NO3. The van der Waals surface area contributed by atoms with Crippen LogP contribution in [0.15, 0.2) is 36.4 Å². The number of benzene rings is 2. The van der Waals surface area contributed by atoms with Crippen LogP contribution in [0.25, 0.3) is 10.8 Å². The number of hydrogen-bond acceptors (Lipinski definition) is 3. The van der Waals surface area contributed by atoms with E-state index in [1.165, 1.54) is 0 Å². The summed E-state index contributed by atoms with van der Waals surface area (Å²) in [6.45, 7) is 5.01. The molecule has 26 heavy (non-hydrogen) atoms. The molecule has 0 bridgehead atoms. The molecule has 0 heterocycles. The third-order valence-corrected chi connectivity index (χ3v) is 5.48. The second-order valence-electron chi connectivity index (χ2n) is 7.34. The molecule has 2 aromatic rings. The van der Waals surface area contributed by atoms with Gasteiger partial charge in [-0.25, -0.2) is 0 Å². The van der Waals surface area contributed by atoms with Gasteiger partial charge in [0.15, 0.2) is 0 Å². The number of carbonyl (C=O) groups excluding carboxylic acids is 1. The van der Waals surface area contributed by atoms with Crippen molar-refractivity contribution in [3.05, 3.63) is 36.4 Å². The van der Waals surface area contributed by atoms with Crippen molar-refractivity contribution < 1.29 is 14.3 Å². The van der Waals surface area contributed by atoms with E-state index in [2.05, 4.69) is 19.2 Å². The minimum atomic E-state index is -0.717. The van der Waals surface area contributed by atoms with Gasteiger partial charge in [0.25, 0.3) is 5.91 Å². The number of hydrogen-bond donors (Lipinski definition) is 1. The summed E-state index contributed by atoms with van der Waals surface area (Å²) in [5, 5.41) is 5.13. The largest absolute Gasteiger partial charge is 0.493 e. The highest BCUT2D eigenvalue weighted by Crippen LogP contribution is 2.37. The number of anilines is 1. The first-order valence-electron chi connectivity index (χ1n) is 9.61. The molecule has 0 unspecified atom stereocenters. The van der Waals surface area contributed by atoms with Gasteiger partial charge in [-0.1, -0.05) is 38.1 Å². The van der Waals surface area contributed by atoms with Crippen molar-refractivity contribution in [1.82, 2.24) is 0 Å². The Kier molecular flexibility index (Phi) is 5.82. The molecule has 0 saturated heterocycles. The van der Waals surface area contributed by atoms with Crippen LogP contribution in [0, 0.1) is 5.92 Å². The van der Waals surface area contributed by atoms with Gasteiger partial charge in [-0.2, -0.15) is 0 Å². The predicted molar refractivity (Wildman–Crippen MR) is 106 cm³/mol. The maximum absolute atomic E-state index is 13.1. The standard InChI is InChI=1S/C22H29NO3/c1-4-15-26-20-10-9-19(17-7-5-6-8-18(17)20)23-21(24)22(25-3)13-11-16(2)12-14-22/h5-10,16H,4,11-15H2,1-3H3,(H,23,24). The van der Waals surface area contributed by atoms with Crippen LogP contribution >= 0.6 is 0 Å². The Morgan fingerprint density at radius 1 is 1.15 bits per heavy atom. The van der Waals surface area contributed by atoms with Crippen LogP contribution in [0.3, 0.4) is 0 Å². The van der Waals surface area contributed by atoms with Crippen LogP contribution in [0.2, 0.25) is 0 Å². The van der Waals surface area contributed by atoms with E-state index in [0.29, 0.717) is 12.5 Å². The summed E-state index contributed by atoms with van der Waals surface area (Å²) in [5.74, 6) is 1.47. The zero-order valence-electron chi connectivity index (χ0n) is 16.0.